The minimum absolute atomic E-state index is 0.00804. The largest absolute Gasteiger partial charge is 0.339 e. The maximum Gasteiger partial charge on any atom is 0.224 e. The molecule has 0 unspecified atom stereocenters. The second kappa shape index (κ2) is 7.12. The van der Waals surface area contributed by atoms with Gasteiger partial charge in [0, 0.05) is 23.5 Å². The summed E-state index contributed by atoms with van der Waals surface area (Å²) in [7, 11) is 0. The molecule has 3 aromatic rings. The van der Waals surface area contributed by atoms with Gasteiger partial charge >= 0.3 is 0 Å². The van der Waals surface area contributed by atoms with E-state index in [1.807, 2.05) is 63.2 Å². The molecule has 0 saturated heterocycles. The first-order valence-corrected chi connectivity index (χ1v) is 8.09. The van der Waals surface area contributed by atoms with Crippen LogP contribution in [-0.4, -0.2) is 25.9 Å². The van der Waals surface area contributed by atoms with E-state index in [2.05, 4.69) is 25.9 Å². The van der Waals surface area contributed by atoms with Crippen LogP contribution in [0.1, 0.15) is 24.7 Å². The van der Waals surface area contributed by atoms with Crippen molar-refractivity contribution >= 4 is 23.1 Å². The van der Waals surface area contributed by atoms with E-state index in [-0.39, 0.29) is 5.91 Å². The van der Waals surface area contributed by atoms with Crippen molar-refractivity contribution in [1.29, 1.82) is 0 Å². The quantitative estimate of drug-likeness (QED) is 0.746. The molecule has 2 N–H and O–H groups in total. The van der Waals surface area contributed by atoms with Gasteiger partial charge in [0.05, 0.1) is 5.69 Å². The highest BCUT2D eigenvalue weighted by molar-refractivity contribution is 5.90. The molecule has 0 fully saturated rings. The SMILES string of the molecule is CCC(=O)Nc1ccc(Nc2ccc(-n3nc(C)cc3C)nn2)cc1. The number of anilines is 3. The summed E-state index contributed by atoms with van der Waals surface area (Å²) in [5, 5.41) is 18.8. The van der Waals surface area contributed by atoms with E-state index in [0.717, 1.165) is 22.8 Å². The zero-order chi connectivity index (χ0) is 17.8. The van der Waals surface area contributed by atoms with Gasteiger partial charge in [0.2, 0.25) is 5.91 Å². The van der Waals surface area contributed by atoms with Gasteiger partial charge in [-0.15, -0.1) is 10.2 Å². The summed E-state index contributed by atoms with van der Waals surface area (Å²) in [5.74, 6) is 1.30. The molecule has 0 radical (unpaired) electrons. The molecule has 2 heterocycles. The van der Waals surface area contributed by atoms with Crippen molar-refractivity contribution in [2.45, 2.75) is 27.2 Å². The molecular formula is C18H20N6O. The molecule has 25 heavy (non-hydrogen) atoms. The summed E-state index contributed by atoms with van der Waals surface area (Å²) in [6, 6.07) is 13.1. The van der Waals surface area contributed by atoms with Crippen molar-refractivity contribution in [3.8, 4) is 5.82 Å². The van der Waals surface area contributed by atoms with Crippen molar-refractivity contribution < 1.29 is 4.79 Å². The number of benzene rings is 1. The summed E-state index contributed by atoms with van der Waals surface area (Å²) >= 11 is 0. The fourth-order valence-electron chi connectivity index (χ4n) is 2.40. The van der Waals surface area contributed by atoms with Crippen LogP contribution in [0.4, 0.5) is 17.2 Å². The third-order valence-corrected chi connectivity index (χ3v) is 3.64. The van der Waals surface area contributed by atoms with Crippen molar-refractivity contribution in [2.75, 3.05) is 10.6 Å². The molecule has 7 heteroatoms. The molecule has 2 aromatic heterocycles. The minimum Gasteiger partial charge on any atom is -0.339 e. The molecule has 1 aromatic carbocycles. The van der Waals surface area contributed by atoms with Crippen molar-refractivity contribution in [3.63, 3.8) is 0 Å². The van der Waals surface area contributed by atoms with Crippen LogP contribution in [0.5, 0.6) is 0 Å². The Morgan fingerprint density at radius 2 is 1.76 bits per heavy atom. The fourth-order valence-corrected chi connectivity index (χ4v) is 2.40. The number of nitrogens with one attached hydrogen (secondary N) is 2. The van der Waals surface area contributed by atoms with Crippen molar-refractivity contribution in [3.05, 3.63) is 53.9 Å². The predicted molar refractivity (Wildman–Crippen MR) is 97.3 cm³/mol. The molecule has 0 spiro atoms. The molecule has 1 amide bonds. The van der Waals surface area contributed by atoms with Gasteiger partial charge in [0.25, 0.3) is 0 Å². The van der Waals surface area contributed by atoms with Gasteiger partial charge in [-0.1, -0.05) is 6.92 Å². The first-order chi connectivity index (χ1) is 12.0. The van der Waals surface area contributed by atoms with Crippen LogP contribution >= 0.6 is 0 Å². The van der Waals surface area contributed by atoms with Gasteiger partial charge in [0.1, 0.15) is 0 Å². The lowest BCUT2D eigenvalue weighted by atomic mass is 10.2. The standard InChI is InChI=1S/C18H20N6O/c1-4-18(25)20-15-7-5-14(6-8-15)19-16-9-10-17(22-21-16)24-13(3)11-12(2)23-24/h5-11H,4H2,1-3H3,(H,19,21)(H,20,25). The van der Waals surface area contributed by atoms with Gasteiger partial charge in [-0.25, -0.2) is 4.68 Å². The average molecular weight is 336 g/mol. The third kappa shape index (κ3) is 4.00. The van der Waals surface area contributed by atoms with Gasteiger partial charge in [-0.05, 0) is 56.3 Å². The lowest BCUT2D eigenvalue weighted by Gasteiger charge is -2.08. The molecule has 0 aliphatic heterocycles. The van der Waals surface area contributed by atoms with E-state index in [1.54, 1.807) is 4.68 Å². The first kappa shape index (κ1) is 16.6. The maximum atomic E-state index is 11.4. The number of hydrogen-bond acceptors (Lipinski definition) is 5. The second-order valence-corrected chi connectivity index (χ2v) is 5.72. The monoisotopic (exact) mass is 336 g/mol. The minimum atomic E-state index is -0.00804. The Bertz CT molecular complexity index is 868. The highest BCUT2D eigenvalue weighted by Gasteiger charge is 2.06. The van der Waals surface area contributed by atoms with Crippen molar-refractivity contribution in [1.82, 2.24) is 20.0 Å². The summed E-state index contributed by atoms with van der Waals surface area (Å²) in [4.78, 5) is 11.4. The summed E-state index contributed by atoms with van der Waals surface area (Å²) < 4.78 is 1.76. The highest BCUT2D eigenvalue weighted by Crippen LogP contribution is 2.18. The Kier molecular flexibility index (Phi) is 4.74. The van der Waals surface area contributed by atoms with E-state index in [4.69, 9.17) is 0 Å². The predicted octanol–water partition coefficient (Wildman–Crippen LogP) is 3.37. The second-order valence-electron chi connectivity index (χ2n) is 5.72. The topological polar surface area (TPSA) is 84.7 Å². The number of aryl methyl sites for hydroxylation is 2. The fraction of sp³-hybridized carbons (Fsp3) is 0.222. The molecule has 7 nitrogen and oxygen atoms in total. The van der Waals surface area contributed by atoms with Gasteiger partial charge < -0.3 is 10.6 Å². The van der Waals surface area contributed by atoms with Gasteiger partial charge in [-0.2, -0.15) is 5.10 Å². The molecule has 0 aliphatic rings. The first-order valence-electron chi connectivity index (χ1n) is 8.09. The Morgan fingerprint density at radius 1 is 1.04 bits per heavy atom. The molecule has 0 aliphatic carbocycles. The van der Waals surface area contributed by atoms with Crippen molar-refractivity contribution in [2.24, 2.45) is 0 Å². The number of rotatable bonds is 5. The smallest absolute Gasteiger partial charge is 0.224 e. The molecular weight excluding hydrogens is 316 g/mol. The Balaban J connectivity index is 1.69. The van der Waals surface area contributed by atoms with Crippen LogP contribution in [0.25, 0.3) is 5.82 Å². The Labute approximate surface area is 146 Å². The van der Waals surface area contributed by atoms with Crippen LogP contribution in [0, 0.1) is 13.8 Å². The number of nitrogens with zero attached hydrogens (tertiary/aromatic N) is 4. The van der Waals surface area contributed by atoms with E-state index in [9.17, 15) is 4.79 Å². The number of aromatic nitrogens is 4. The zero-order valence-corrected chi connectivity index (χ0v) is 14.4. The van der Waals surface area contributed by atoms with Gasteiger partial charge in [0.15, 0.2) is 11.6 Å². The van der Waals surface area contributed by atoms with Crippen LogP contribution in [0.2, 0.25) is 0 Å². The molecule has 0 saturated carbocycles. The highest BCUT2D eigenvalue weighted by atomic mass is 16.1. The average Bonchev–Trinajstić information content (AvgIpc) is 2.95. The molecule has 0 bridgehead atoms. The molecule has 3 rings (SSSR count). The summed E-state index contributed by atoms with van der Waals surface area (Å²) in [6.45, 7) is 5.74. The zero-order valence-electron chi connectivity index (χ0n) is 14.4. The number of carbonyl (C=O) groups excluding carboxylic acids is 1. The summed E-state index contributed by atoms with van der Waals surface area (Å²) in [5.41, 5.74) is 3.58. The molecule has 128 valence electrons. The maximum absolute atomic E-state index is 11.4. The van der Waals surface area contributed by atoms with E-state index >= 15 is 0 Å². The number of amides is 1. The lowest BCUT2D eigenvalue weighted by molar-refractivity contribution is -0.115. The molecule has 0 atom stereocenters. The van der Waals surface area contributed by atoms with E-state index in [1.165, 1.54) is 0 Å². The van der Waals surface area contributed by atoms with Crippen LogP contribution in [0.3, 0.4) is 0 Å². The van der Waals surface area contributed by atoms with E-state index in [0.29, 0.717) is 18.1 Å². The number of carbonyl (C=O) groups is 1. The summed E-state index contributed by atoms with van der Waals surface area (Å²) in [6.07, 6.45) is 0.456. The lowest BCUT2D eigenvalue weighted by Crippen LogP contribution is -2.09. The van der Waals surface area contributed by atoms with Crippen LogP contribution in [0.15, 0.2) is 42.5 Å². The van der Waals surface area contributed by atoms with Crippen LogP contribution < -0.4 is 10.6 Å². The van der Waals surface area contributed by atoms with Crippen LogP contribution in [-0.2, 0) is 4.79 Å². The van der Waals surface area contributed by atoms with E-state index < -0.39 is 0 Å². The number of hydrogen-bond donors (Lipinski definition) is 2. The Morgan fingerprint density at radius 3 is 2.32 bits per heavy atom. The van der Waals surface area contributed by atoms with Gasteiger partial charge in [-0.3, -0.25) is 4.79 Å². The third-order valence-electron chi connectivity index (χ3n) is 3.64. The normalized spacial score (nSPS) is 10.5. The Hall–Kier alpha value is -3.22.